The van der Waals surface area contributed by atoms with Crippen LogP contribution in [0, 0.1) is 10.1 Å². The molecule has 2 rings (SSSR count). The fraction of sp³-hybridized carbons (Fsp3) is 0.133. The Morgan fingerprint density at radius 3 is 2.61 bits per heavy atom. The van der Waals surface area contributed by atoms with Crippen molar-refractivity contribution in [3.63, 3.8) is 0 Å². The van der Waals surface area contributed by atoms with E-state index in [4.69, 9.17) is 0 Å². The van der Waals surface area contributed by atoms with Crippen molar-refractivity contribution >= 4 is 17.3 Å². The summed E-state index contributed by atoms with van der Waals surface area (Å²) < 4.78 is 1.72. The Bertz CT molecular complexity index is 720. The van der Waals surface area contributed by atoms with Crippen LogP contribution in [-0.4, -0.2) is 16.5 Å². The van der Waals surface area contributed by atoms with Gasteiger partial charge in [0.25, 0.3) is 5.69 Å². The molecule has 1 amide bonds. The van der Waals surface area contributed by atoms with Crippen LogP contribution in [0.25, 0.3) is 0 Å². The largest absolute Gasteiger partial charge is 1.00 e. The zero-order valence-corrected chi connectivity index (χ0v) is 13.1. The van der Waals surface area contributed by atoms with E-state index in [2.05, 4.69) is 10.5 Å². The lowest BCUT2D eigenvalue weighted by Gasteiger charge is -2.02. The number of benzene rings is 1. The van der Waals surface area contributed by atoms with Crippen LogP contribution < -0.4 is 22.4 Å². The van der Waals surface area contributed by atoms with Crippen LogP contribution in [0.1, 0.15) is 12.5 Å². The molecule has 0 bridgehead atoms. The van der Waals surface area contributed by atoms with Crippen LogP contribution in [0.15, 0.2) is 60.0 Å². The fourth-order valence-corrected chi connectivity index (χ4v) is 1.80. The summed E-state index contributed by atoms with van der Waals surface area (Å²) in [6.07, 6.45) is 3.55. The van der Waals surface area contributed by atoms with Gasteiger partial charge in [-0.3, -0.25) is 14.9 Å². The SMILES string of the molecule is C/C(=N\NC(=O)C[n+]1ccccc1)c1cccc([N+](=O)[O-])c1.[Cl-]. The predicted octanol–water partition coefficient (Wildman–Crippen LogP) is -1.57. The van der Waals surface area contributed by atoms with Crippen LogP contribution >= 0.6 is 0 Å². The molecule has 2 aromatic rings. The molecule has 0 radical (unpaired) electrons. The first kappa shape index (κ1) is 18.2. The highest BCUT2D eigenvalue weighted by Crippen LogP contribution is 2.13. The number of hydrogen-bond donors (Lipinski definition) is 1. The third-order valence-corrected chi connectivity index (χ3v) is 2.93. The normalized spacial score (nSPS) is 10.6. The highest BCUT2D eigenvalue weighted by atomic mass is 35.5. The zero-order valence-electron chi connectivity index (χ0n) is 12.3. The van der Waals surface area contributed by atoms with Gasteiger partial charge >= 0.3 is 5.91 Å². The fourth-order valence-electron chi connectivity index (χ4n) is 1.80. The van der Waals surface area contributed by atoms with Gasteiger partial charge in [-0.05, 0) is 6.92 Å². The molecule has 0 spiro atoms. The van der Waals surface area contributed by atoms with Crippen molar-refractivity contribution in [2.75, 3.05) is 0 Å². The number of hydrazone groups is 1. The number of amides is 1. The summed E-state index contributed by atoms with van der Waals surface area (Å²) in [6.45, 7) is 1.82. The highest BCUT2D eigenvalue weighted by molar-refractivity contribution is 5.99. The van der Waals surface area contributed by atoms with Crippen LogP contribution in [0.5, 0.6) is 0 Å². The zero-order chi connectivity index (χ0) is 15.9. The smallest absolute Gasteiger partial charge is 0.305 e. The van der Waals surface area contributed by atoms with Gasteiger partial charge in [0.05, 0.1) is 10.6 Å². The quantitative estimate of drug-likeness (QED) is 0.310. The molecule has 0 saturated heterocycles. The molecule has 1 N–H and O–H groups in total. The van der Waals surface area contributed by atoms with Gasteiger partial charge in [0, 0.05) is 29.8 Å². The van der Waals surface area contributed by atoms with E-state index in [1.165, 1.54) is 12.1 Å². The van der Waals surface area contributed by atoms with E-state index in [1.807, 2.05) is 18.2 Å². The van der Waals surface area contributed by atoms with Crippen molar-refractivity contribution in [1.29, 1.82) is 0 Å². The van der Waals surface area contributed by atoms with E-state index in [-0.39, 0.29) is 30.5 Å². The summed E-state index contributed by atoms with van der Waals surface area (Å²) in [4.78, 5) is 22.0. The number of rotatable bonds is 5. The lowest BCUT2D eigenvalue weighted by atomic mass is 10.1. The molecule has 0 aliphatic carbocycles. The van der Waals surface area contributed by atoms with Crippen LogP contribution in [0.2, 0.25) is 0 Å². The third-order valence-electron chi connectivity index (χ3n) is 2.93. The van der Waals surface area contributed by atoms with Gasteiger partial charge in [-0.25, -0.2) is 5.43 Å². The van der Waals surface area contributed by atoms with Gasteiger partial charge in [0.1, 0.15) is 0 Å². The van der Waals surface area contributed by atoms with Crippen molar-refractivity contribution in [2.45, 2.75) is 13.5 Å². The maximum atomic E-state index is 11.8. The number of pyridine rings is 1. The van der Waals surface area contributed by atoms with Gasteiger partial charge in [-0.2, -0.15) is 9.67 Å². The summed E-state index contributed by atoms with van der Waals surface area (Å²) in [6, 6.07) is 11.6. The first-order chi connectivity index (χ1) is 10.6. The number of halogens is 1. The van der Waals surface area contributed by atoms with Crippen molar-refractivity contribution in [3.8, 4) is 0 Å². The maximum Gasteiger partial charge on any atom is 0.305 e. The van der Waals surface area contributed by atoms with Crippen molar-refractivity contribution in [2.24, 2.45) is 5.10 Å². The molecule has 0 fully saturated rings. The standard InChI is InChI=1S/C15H14N4O3.ClH/c1-12(13-6-5-7-14(10-13)19(21)22)16-17-15(20)11-18-8-3-2-4-9-18;/h2-10H,11H2,1H3;1H/b16-12+;. The molecule has 23 heavy (non-hydrogen) atoms. The molecule has 1 heterocycles. The summed E-state index contributed by atoms with van der Waals surface area (Å²) in [7, 11) is 0. The van der Waals surface area contributed by atoms with E-state index < -0.39 is 4.92 Å². The number of hydrogen-bond acceptors (Lipinski definition) is 4. The van der Waals surface area contributed by atoms with E-state index in [0.29, 0.717) is 11.3 Å². The first-order valence-electron chi connectivity index (χ1n) is 6.58. The Morgan fingerprint density at radius 1 is 1.26 bits per heavy atom. The Labute approximate surface area is 139 Å². The number of nitrogens with zero attached hydrogens (tertiary/aromatic N) is 3. The molecule has 1 aromatic heterocycles. The van der Waals surface area contributed by atoms with E-state index >= 15 is 0 Å². The summed E-state index contributed by atoms with van der Waals surface area (Å²) in [5.41, 5.74) is 3.50. The van der Waals surface area contributed by atoms with Gasteiger partial charge in [-0.15, -0.1) is 0 Å². The van der Waals surface area contributed by atoms with Crippen LogP contribution in [0.3, 0.4) is 0 Å². The Kier molecular flexibility index (Phi) is 6.82. The Balaban J connectivity index is 0.00000264. The minimum atomic E-state index is -0.471. The second kappa shape index (κ2) is 8.60. The number of aromatic nitrogens is 1. The number of nitro benzene ring substituents is 1. The van der Waals surface area contributed by atoms with Crippen LogP contribution in [0.4, 0.5) is 5.69 Å². The minimum absolute atomic E-state index is 0. The number of nitro groups is 1. The summed E-state index contributed by atoms with van der Waals surface area (Å²) in [5, 5.41) is 14.7. The van der Waals surface area contributed by atoms with E-state index in [0.717, 1.165) is 0 Å². The Hall–Kier alpha value is -2.80. The van der Waals surface area contributed by atoms with Gasteiger partial charge < -0.3 is 12.4 Å². The minimum Gasteiger partial charge on any atom is -1.00 e. The van der Waals surface area contributed by atoms with Crippen molar-refractivity contribution < 1.29 is 26.7 Å². The number of carbonyl (C=O) groups excluding carboxylic acids is 1. The van der Waals surface area contributed by atoms with E-state index in [9.17, 15) is 14.9 Å². The second-order valence-electron chi connectivity index (χ2n) is 4.59. The average Bonchev–Trinajstić information content (AvgIpc) is 2.53. The Morgan fingerprint density at radius 2 is 1.96 bits per heavy atom. The van der Waals surface area contributed by atoms with Gasteiger partial charge in [-0.1, -0.05) is 18.2 Å². The molecule has 0 atom stereocenters. The van der Waals surface area contributed by atoms with Crippen LogP contribution in [-0.2, 0) is 11.3 Å². The third kappa shape index (κ3) is 5.48. The number of non-ortho nitro benzene ring substituents is 1. The molecular weight excluding hydrogens is 320 g/mol. The number of nitrogens with one attached hydrogen (secondary N) is 1. The predicted molar refractivity (Wildman–Crippen MR) is 80.1 cm³/mol. The van der Waals surface area contributed by atoms with E-state index in [1.54, 1.807) is 36.0 Å². The summed E-state index contributed by atoms with van der Waals surface area (Å²) >= 11 is 0. The molecule has 1 aromatic carbocycles. The lowest BCUT2D eigenvalue weighted by Crippen LogP contribution is -3.00. The summed E-state index contributed by atoms with van der Waals surface area (Å²) in [5.74, 6) is -0.277. The number of carbonyl (C=O) groups is 1. The highest BCUT2D eigenvalue weighted by Gasteiger charge is 2.09. The van der Waals surface area contributed by atoms with Crippen molar-refractivity contribution in [1.82, 2.24) is 5.43 Å². The molecule has 7 nitrogen and oxygen atoms in total. The molecule has 0 unspecified atom stereocenters. The van der Waals surface area contributed by atoms with Gasteiger partial charge in [0.15, 0.2) is 12.4 Å². The second-order valence-corrected chi connectivity index (χ2v) is 4.59. The molecular formula is C15H15ClN4O3. The maximum absolute atomic E-state index is 11.8. The molecule has 0 aliphatic heterocycles. The topological polar surface area (TPSA) is 88.5 Å². The average molecular weight is 335 g/mol. The molecule has 8 heteroatoms. The van der Waals surface area contributed by atoms with Gasteiger partial charge in [0.2, 0.25) is 6.54 Å². The molecule has 0 aliphatic rings. The monoisotopic (exact) mass is 334 g/mol. The lowest BCUT2D eigenvalue weighted by molar-refractivity contribution is -0.684. The first-order valence-corrected chi connectivity index (χ1v) is 6.58. The molecule has 0 saturated carbocycles. The van der Waals surface area contributed by atoms with Crippen molar-refractivity contribution in [3.05, 3.63) is 70.5 Å². The molecule has 120 valence electrons.